The summed E-state index contributed by atoms with van der Waals surface area (Å²) in [5.41, 5.74) is 11.0. The maximum Gasteiger partial charge on any atom is 0.338 e. The molecule has 5 rings (SSSR count). The van der Waals surface area contributed by atoms with Gasteiger partial charge in [0.25, 0.3) is 5.91 Å². The van der Waals surface area contributed by atoms with Gasteiger partial charge < -0.3 is 19.9 Å². The van der Waals surface area contributed by atoms with Crippen molar-refractivity contribution >= 4 is 62.0 Å². The van der Waals surface area contributed by atoms with Crippen molar-refractivity contribution in [2.24, 2.45) is 0 Å². The number of esters is 2. The van der Waals surface area contributed by atoms with E-state index in [-0.39, 0.29) is 25.5 Å². The Morgan fingerprint density at radius 2 is 1.63 bits per heavy atom. The summed E-state index contributed by atoms with van der Waals surface area (Å²) in [5, 5.41) is 1.28. The lowest BCUT2D eigenvalue weighted by atomic mass is 9.93. The van der Waals surface area contributed by atoms with E-state index in [0.717, 1.165) is 30.5 Å². The van der Waals surface area contributed by atoms with Crippen molar-refractivity contribution < 1.29 is 28.6 Å². The summed E-state index contributed by atoms with van der Waals surface area (Å²) in [6.45, 7) is 9.76. The molecule has 3 aromatic carbocycles. The van der Waals surface area contributed by atoms with E-state index in [1.54, 1.807) is 48.1 Å². The van der Waals surface area contributed by atoms with Crippen LogP contribution in [0.4, 0.5) is 5.69 Å². The van der Waals surface area contributed by atoms with Crippen LogP contribution in [-0.4, -0.2) is 84.8 Å². The third-order valence-electron chi connectivity index (χ3n) is 10.3. The summed E-state index contributed by atoms with van der Waals surface area (Å²) in [6.07, 6.45) is 7.05. The van der Waals surface area contributed by atoms with Crippen molar-refractivity contribution in [2.45, 2.75) is 78.3 Å². The molecular formula is C42H52BrClN4O6. The summed E-state index contributed by atoms with van der Waals surface area (Å²) in [6, 6.07) is 16.3. The zero-order valence-electron chi connectivity index (χ0n) is 31.8. The number of benzene rings is 3. The number of rotatable bonds is 17. The largest absolute Gasteiger partial charge is 0.497 e. The summed E-state index contributed by atoms with van der Waals surface area (Å²) in [5.74, 6) is -0.415. The molecule has 1 aliphatic carbocycles. The third-order valence-corrected chi connectivity index (χ3v) is 11.2. The zero-order chi connectivity index (χ0) is 38.8. The smallest absolute Gasteiger partial charge is 0.338 e. The second-order valence-electron chi connectivity index (χ2n) is 13.9. The zero-order valence-corrected chi connectivity index (χ0v) is 34.1. The molecule has 0 spiro atoms. The molecule has 54 heavy (non-hydrogen) atoms. The molecule has 1 heterocycles. The van der Waals surface area contributed by atoms with E-state index in [0.29, 0.717) is 74.5 Å². The lowest BCUT2D eigenvalue weighted by Gasteiger charge is -2.34. The first-order chi connectivity index (χ1) is 26.0. The molecule has 0 amide bonds. The number of carbonyl (C=O) groups is 3. The maximum absolute atomic E-state index is 13.6. The molecule has 4 aromatic rings. The van der Waals surface area contributed by atoms with Gasteiger partial charge >= 0.3 is 11.9 Å². The number of fused-ring (bicyclic) bond motifs is 1. The number of hydrogen-bond donors (Lipinski definition) is 1. The molecule has 0 saturated heterocycles. The highest BCUT2D eigenvalue weighted by molar-refractivity contribution is 9.10. The Morgan fingerprint density at radius 3 is 2.30 bits per heavy atom. The Labute approximate surface area is 332 Å². The van der Waals surface area contributed by atoms with Crippen LogP contribution in [0.1, 0.15) is 89.9 Å². The van der Waals surface area contributed by atoms with E-state index in [4.69, 9.17) is 31.5 Å². The topological polar surface area (TPSA) is 116 Å². The average molecular weight is 824 g/mol. The van der Waals surface area contributed by atoms with Crippen molar-refractivity contribution in [3.05, 3.63) is 92.0 Å². The van der Waals surface area contributed by atoms with Crippen LogP contribution in [0.3, 0.4) is 0 Å². The Bertz CT molecular complexity index is 1920. The van der Waals surface area contributed by atoms with E-state index in [9.17, 15) is 14.4 Å². The maximum atomic E-state index is 13.6. The number of hydrogen-bond acceptors (Lipinski definition) is 9. The number of nitrogens with two attached hydrogens (primary N) is 1. The molecule has 1 saturated carbocycles. The number of carbonyl (C=O) groups excluding carboxylic acids is 3. The van der Waals surface area contributed by atoms with Crippen LogP contribution >= 0.6 is 27.5 Å². The minimum Gasteiger partial charge on any atom is -0.497 e. The van der Waals surface area contributed by atoms with Gasteiger partial charge in [0.1, 0.15) is 19.0 Å². The van der Waals surface area contributed by atoms with Crippen molar-refractivity contribution in [2.75, 3.05) is 52.2 Å². The molecule has 12 heteroatoms. The molecule has 1 aliphatic rings. The lowest BCUT2D eigenvalue weighted by Crippen LogP contribution is -2.36. The van der Waals surface area contributed by atoms with Crippen LogP contribution in [0.2, 0.25) is 5.02 Å². The van der Waals surface area contributed by atoms with E-state index in [1.807, 2.05) is 25.1 Å². The van der Waals surface area contributed by atoms with Gasteiger partial charge in [0.15, 0.2) is 0 Å². The molecule has 10 nitrogen and oxygen atoms in total. The van der Waals surface area contributed by atoms with Crippen molar-refractivity contribution in [3.63, 3.8) is 0 Å². The molecule has 2 N–H and O–H groups in total. The van der Waals surface area contributed by atoms with E-state index < -0.39 is 11.9 Å². The molecule has 1 aromatic heterocycles. The first-order valence-electron chi connectivity index (χ1n) is 18.9. The first-order valence-corrected chi connectivity index (χ1v) is 20.1. The second-order valence-corrected chi connectivity index (χ2v) is 15.1. The number of anilines is 1. The molecular weight excluding hydrogens is 772 g/mol. The fourth-order valence-electron chi connectivity index (χ4n) is 7.37. The number of halogens is 2. The SMILES string of the molecule is CCCN(CCOC(=O)Cc1c(C)n(C(=O)c2ccc(Cl)cc2)c2ccc(OC)cc12)CCOC(=O)c1cc(Br)c(N)c(CN(CC)C2CCCCC2)c1. The van der Waals surface area contributed by atoms with Gasteiger partial charge in [0, 0.05) is 51.8 Å². The quantitative estimate of drug-likeness (QED) is 0.0828. The van der Waals surface area contributed by atoms with Gasteiger partial charge in [-0.1, -0.05) is 44.7 Å². The summed E-state index contributed by atoms with van der Waals surface area (Å²) in [7, 11) is 1.58. The minimum atomic E-state index is -0.406. The second kappa shape index (κ2) is 19.6. The van der Waals surface area contributed by atoms with Crippen molar-refractivity contribution in [3.8, 4) is 5.75 Å². The highest BCUT2D eigenvalue weighted by Crippen LogP contribution is 2.32. The van der Waals surface area contributed by atoms with Crippen LogP contribution in [0.15, 0.2) is 59.1 Å². The number of nitrogens with zero attached hydrogens (tertiary/aromatic N) is 3. The van der Waals surface area contributed by atoms with Crippen molar-refractivity contribution in [1.82, 2.24) is 14.4 Å². The molecule has 290 valence electrons. The Hall–Kier alpha value is -3.90. The average Bonchev–Trinajstić information content (AvgIpc) is 3.44. The summed E-state index contributed by atoms with van der Waals surface area (Å²) >= 11 is 9.62. The molecule has 0 unspecified atom stereocenters. The van der Waals surface area contributed by atoms with Gasteiger partial charge in [-0.05, 0) is 121 Å². The predicted octanol–water partition coefficient (Wildman–Crippen LogP) is 8.45. The number of aromatic nitrogens is 1. The highest BCUT2D eigenvalue weighted by atomic mass is 79.9. The van der Waals surface area contributed by atoms with E-state index in [1.165, 1.54) is 32.1 Å². The van der Waals surface area contributed by atoms with E-state index in [2.05, 4.69) is 39.6 Å². The molecule has 0 bridgehead atoms. The van der Waals surface area contributed by atoms with Crippen LogP contribution < -0.4 is 10.5 Å². The lowest BCUT2D eigenvalue weighted by molar-refractivity contribution is -0.143. The summed E-state index contributed by atoms with van der Waals surface area (Å²) in [4.78, 5) is 44.7. The predicted molar refractivity (Wildman–Crippen MR) is 218 cm³/mol. The molecule has 0 radical (unpaired) electrons. The number of ether oxygens (including phenoxy) is 3. The summed E-state index contributed by atoms with van der Waals surface area (Å²) < 4.78 is 19.2. The molecule has 0 aliphatic heterocycles. The van der Waals surface area contributed by atoms with Crippen LogP contribution in [0.25, 0.3) is 10.9 Å². The monoisotopic (exact) mass is 822 g/mol. The third kappa shape index (κ3) is 10.2. The molecule has 0 atom stereocenters. The fourth-order valence-corrected chi connectivity index (χ4v) is 8.00. The van der Waals surface area contributed by atoms with Crippen LogP contribution in [-0.2, 0) is 27.2 Å². The van der Waals surface area contributed by atoms with Gasteiger partial charge in [-0.25, -0.2) is 4.79 Å². The fraction of sp³-hybridized carbons (Fsp3) is 0.452. The van der Waals surface area contributed by atoms with E-state index >= 15 is 0 Å². The van der Waals surface area contributed by atoms with Crippen LogP contribution in [0, 0.1) is 6.92 Å². The van der Waals surface area contributed by atoms with Crippen LogP contribution in [0.5, 0.6) is 5.75 Å². The van der Waals surface area contributed by atoms with Gasteiger partial charge in [-0.3, -0.25) is 24.0 Å². The Kier molecular flexibility index (Phi) is 15.0. The first kappa shape index (κ1) is 41.3. The number of nitrogen functional groups attached to an aromatic ring is 1. The van der Waals surface area contributed by atoms with Crippen molar-refractivity contribution in [1.29, 1.82) is 0 Å². The molecule has 1 fully saturated rings. The Balaban J connectivity index is 1.17. The van der Waals surface area contributed by atoms with Gasteiger partial charge in [0.05, 0.1) is 30.3 Å². The van der Waals surface area contributed by atoms with Gasteiger partial charge in [0.2, 0.25) is 0 Å². The van der Waals surface area contributed by atoms with Gasteiger partial charge in [-0.2, -0.15) is 0 Å². The standard InChI is InChI=1S/C42H52BrClN4O6/c1-5-18-46(20-22-54-42(51)30-23-31(40(45)37(43)24-30)27-47(6-2)33-10-8-7-9-11-33)19-21-53-39(49)26-35-28(3)48(38-17-16-34(52-4)25-36(35)38)41(50)29-12-14-32(44)15-13-29/h12-17,23-25,33H,5-11,18-22,26-27,45H2,1-4H3. The normalized spacial score (nSPS) is 13.5. The van der Waals surface area contributed by atoms with Gasteiger partial charge in [-0.15, -0.1) is 0 Å². The minimum absolute atomic E-state index is 0.0163. The Morgan fingerprint density at radius 1 is 0.926 bits per heavy atom. The highest BCUT2D eigenvalue weighted by Gasteiger charge is 2.24. The number of methoxy groups -OCH3 is 1.